The number of aromatic nitrogens is 1. The predicted molar refractivity (Wildman–Crippen MR) is 74.0 cm³/mol. The van der Waals surface area contributed by atoms with E-state index in [0.29, 0.717) is 14.6 Å². The normalized spacial score (nSPS) is 10.2. The van der Waals surface area contributed by atoms with E-state index in [1.54, 1.807) is 30.5 Å². The molecule has 0 aliphatic carbocycles. The summed E-state index contributed by atoms with van der Waals surface area (Å²) in [5.41, 5.74) is 0.450. The molecule has 0 atom stereocenters. The van der Waals surface area contributed by atoms with Crippen LogP contribution in [0.3, 0.4) is 0 Å². The Balaban J connectivity index is 2.30. The Kier molecular flexibility index (Phi) is 4.08. The maximum atomic E-state index is 13.6. The van der Waals surface area contributed by atoms with Gasteiger partial charge in [0.1, 0.15) is 10.4 Å². The van der Waals surface area contributed by atoms with Gasteiger partial charge in [-0.15, -0.1) is 0 Å². The van der Waals surface area contributed by atoms with Gasteiger partial charge < -0.3 is 5.32 Å². The number of para-hydroxylation sites is 1. The van der Waals surface area contributed by atoms with Crippen LogP contribution in [-0.4, -0.2) is 10.9 Å². The monoisotopic (exact) mass is 372 g/mol. The maximum Gasteiger partial charge on any atom is 0.258 e. The summed E-state index contributed by atoms with van der Waals surface area (Å²) in [6.45, 7) is 0. The molecule has 3 nitrogen and oxygen atoms in total. The van der Waals surface area contributed by atoms with Crippen molar-refractivity contribution in [2.24, 2.45) is 0 Å². The second-order valence-corrected chi connectivity index (χ2v) is 5.00. The number of nitrogens with one attached hydrogen (secondary N) is 1. The molecule has 1 N–H and O–H groups in total. The number of amides is 1. The van der Waals surface area contributed by atoms with Gasteiger partial charge in [0.25, 0.3) is 5.91 Å². The minimum absolute atomic E-state index is 0.109. The van der Waals surface area contributed by atoms with E-state index in [0.717, 1.165) is 0 Å². The van der Waals surface area contributed by atoms with Crippen molar-refractivity contribution in [3.63, 3.8) is 0 Å². The van der Waals surface area contributed by atoms with E-state index in [1.165, 1.54) is 6.07 Å². The standard InChI is InChI=1S/C12H7Br2FN2O/c13-8-4-1-5-9(15)10(8)17-12(18)7-3-2-6-16-11(7)14/h1-6H,(H,17,18). The first kappa shape index (κ1) is 13.2. The smallest absolute Gasteiger partial charge is 0.258 e. The summed E-state index contributed by atoms with van der Waals surface area (Å²) in [7, 11) is 0. The van der Waals surface area contributed by atoms with Crippen LogP contribution < -0.4 is 5.32 Å². The van der Waals surface area contributed by atoms with Crippen LogP contribution >= 0.6 is 31.9 Å². The van der Waals surface area contributed by atoms with Crippen molar-refractivity contribution in [2.75, 3.05) is 5.32 Å². The quantitative estimate of drug-likeness (QED) is 0.808. The molecule has 1 aromatic heterocycles. The first-order valence-electron chi connectivity index (χ1n) is 4.95. The van der Waals surface area contributed by atoms with Gasteiger partial charge in [-0.05, 0) is 56.1 Å². The number of carbonyl (C=O) groups excluding carboxylic acids is 1. The number of anilines is 1. The third kappa shape index (κ3) is 2.76. The fourth-order valence-electron chi connectivity index (χ4n) is 1.35. The minimum Gasteiger partial charge on any atom is -0.318 e. The van der Waals surface area contributed by atoms with Crippen molar-refractivity contribution in [3.8, 4) is 0 Å². The van der Waals surface area contributed by atoms with E-state index >= 15 is 0 Å². The molecule has 0 radical (unpaired) electrons. The number of benzene rings is 1. The van der Waals surface area contributed by atoms with Gasteiger partial charge in [0.15, 0.2) is 0 Å². The van der Waals surface area contributed by atoms with Gasteiger partial charge in [-0.1, -0.05) is 6.07 Å². The SMILES string of the molecule is O=C(Nc1c(F)cccc1Br)c1cccnc1Br. The molecule has 1 heterocycles. The number of nitrogens with zero attached hydrogens (tertiary/aromatic N) is 1. The number of hydrogen-bond donors (Lipinski definition) is 1. The summed E-state index contributed by atoms with van der Waals surface area (Å²) in [6.07, 6.45) is 1.56. The zero-order chi connectivity index (χ0) is 13.1. The number of hydrogen-bond acceptors (Lipinski definition) is 2. The molecule has 0 aliphatic rings. The molecule has 18 heavy (non-hydrogen) atoms. The van der Waals surface area contributed by atoms with Gasteiger partial charge >= 0.3 is 0 Å². The highest BCUT2D eigenvalue weighted by molar-refractivity contribution is 9.10. The lowest BCUT2D eigenvalue weighted by molar-refractivity contribution is 0.102. The maximum absolute atomic E-state index is 13.6. The van der Waals surface area contributed by atoms with E-state index in [1.807, 2.05) is 0 Å². The molecular weight excluding hydrogens is 367 g/mol. The molecular formula is C12H7Br2FN2O. The van der Waals surface area contributed by atoms with Gasteiger partial charge in [-0.25, -0.2) is 9.37 Å². The lowest BCUT2D eigenvalue weighted by Crippen LogP contribution is -2.14. The van der Waals surface area contributed by atoms with Gasteiger partial charge in [-0.2, -0.15) is 0 Å². The second kappa shape index (κ2) is 5.58. The number of pyridine rings is 1. The van der Waals surface area contributed by atoms with Crippen LogP contribution in [0.4, 0.5) is 10.1 Å². The van der Waals surface area contributed by atoms with Gasteiger partial charge in [-0.3, -0.25) is 4.79 Å². The van der Waals surface area contributed by atoms with Gasteiger partial charge in [0, 0.05) is 10.7 Å². The van der Waals surface area contributed by atoms with E-state index in [2.05, 4.69) is 42.2 Å². The molecule has 6 heteroatoms. The molecule has 0 saturated carbocycles. The van der Waals surface area contributed by atoms with Crippen LogP contribution in [0.5, 0.6) is 0 Å². The zero-order valence-electron chi connectivity index (χ0n) is 8.95. The minimum atomic E-state index is -0.502. The van der Waals surface area contributed by atoms with Crippen molar-refractivity contribution < 1.29 is 9.18 Å². The van der Waals surface area contributed by atoms with Crippen LogP contribution in [0.15, 0.2) is 45.6 Å². The Morgan fingerprint density at radius 3 is 2.67 bits per heavy atom. The first-order valence-corrected chi connectivity index (χ1v) is 6.54. The molecule has 0 spiro atoms. The number of rotatable bonds is 2. The van der Waals surface area contributed by atoms with E-state index < -0.39 is 11.7 Å². The van der Waals surface area contributed by atoms with Crippen LogP contribution in [0.1, 0.15) is 10.4 Å². The van der Waals surface area contributed by atoms with Crippen LogP contribution in [0.2, 0.25) is 0 Å². The molecule has 0 saturated heterocycles. The van der Waals surface area contributed by atoms with Crippen molar-refractivity contribution >= 4 is 43.5 Å². The van der Waals surface area contributed by atoms with Crippen molar-refractivity contribution in [1.82, 2.24) is 4.98 Å². The van der Waals surface area contributed by atoms with Crippen LogP contribution in [0, 0.1) is 5.82 Å². The molecule has 0 bridgehead atoms. The van der Waals surface area contributed by atoms with E-state index in [4.69, 9.17) is 0 Å². The molecule has 2 rings (SSSR count). The summed E-state index contributed by atoms with van der Waals surface area (Å²) >= 11 is 6.35. The zero-order valence-corrected chi connectivity index (χ0v) is 12.1. The van der Waals surface area contributed by atoms with Crippen LogP contribution in [0.25, 0.3) is 0 Å². The molecule has 0 aliphatic heterocycles. The van der Waals surface area contributed by atoms with E-state index in [-0.39, 0.29) is 5.69 Å². The molecule has 92 valence electrons. The molecule has 0 unspecified atom stereocenters. The summed E-state index contributed by atoms with van der Waals surface area (Å²) < 4.78 is 14.4. The van der Waals surface area contributed by atoms with Crippen LogP contribution in [-0.2, 0) is 0 Å². The molecule has 0 fully saturated rings. The van der Waals surface area contributed by atoms with Crippen molar-refractivity contribution in [1.29, 1.82) is 0 Å². The number of carbonyl (C=O) groups is 1. The van der Waals surface area contributed by atoms with Crippen molar-refractivity contribution in [3.05, 3.63) is 57.0 Å². The lowest BCUT2D eigenvalue weighted by atomic mass is 10.2. The fourth-order valence-corrected chi connectivity index (χ4v) is 2.23. The third-order valence-electron chi connectivity index (χ3n) is 2.21. The Bertz CT molecular complexity index is 584. The molecule has 1 amide bonds. The topological polar surface area (TPSA) is 42.0 Å². The highest BCUT2D eigenvalue weighted by Gasteiger charge is 2.14. The largest absolute Gasteiger partial charge is 0.318 e. The highest BCUT2D eigenvalue weighted by atomic mass is 79.9. The average molecular weight is 374 g/mol. The van der Waals surface area contributed by atoms with E-state index in [9.17, 15) is 9.18 Å². The fraction of sp³-hybridized carbons (Fsp3) is 0. The Morgan fingerprint density at radius 1 is 1.22 bits per heavy atom. The van der Waals surface area contributed by atoms with Crippen molar-refractivity contribution in [2.45, 2.75) is 0 Å². The average Bonchev–Trinajstić information content (AvgIpc) is 2.34. The summed E-state index contributed by atoms with van der Waals surface area (Å²) in [4.78, 5) is 15.9. The van der Waals surface area contributed by atoms with Gasteiger partial charge in [0.2, 0.25) is 0 Å². The summed E-state index contributed by atoms with van der Waals surface area (Å²) in [5.74, 6) is -0.932. The summed E-state index contributed by atoms with van der Waals surface area (Å²) in [6, 6.07) is 7.71. The second-order valence-electron chi connectivity index (χ2n) is 3.39. The summed E-state index contributed by atoms with van der Waals surface area (Å²) in [5, 5.41) is 2.50. The lowest BCUT2D eigenvalue weighted by Gasteiger charge is -2.09. The first-order chi connectivity index (χ1) is 8.59. The third-order valence-corrected chi connectivity index (χ3v) is 3.50. The Hall–Kier alpha value is -1.27. The highest BCUT2D eigenvalue weighted by Crippen LogP contribution is 2.26. The molecule has 1 aromatic carbocycles. The number of halogens is 3. The molecule has 2 aromatic rings. The van der Waals surface area contributed by atoms with Gasteiger partial charge in [0.05, 0.1) is 11.3 Å². The predicted octanol–water partition coefficient (Wildman–Crippen LogP) is 4.00. The Labute approximate surface area is 120 Å². The Morgan fingerprint density at radius 2 is 2.00 bits per heavy atom.